The first kappa shape index (κ1) is 7.72. The quantitative estimate of drug-likeness (QED) is 0.680. The second kappa shape index (κ2) is 2.55. The van der Waals surface area contributed by atoms with Crippen molar-refractivity contribution in [3.8, 4) is 0 Å². The Labute approximate surface area is 73.4 Å². The maximum absolute atomic E-state index is 10.7. The van der Waals surface area contributed by atoms with Crippen LogP contribution in [0.5, 0.6) is 0 Å². The molecule has 0 aliphatic heterocycles. The fourth-order valence-electron chi connectivity index (χ4n) is 1.24. The summed E-state index contributed by atoms with van der Waals surface area (Å²) < 4.78 is 0. The molecule has 0 aliphatic rings. The predicted octanol–water partition coefficient (Wildman–Crippen LogP) is 0.965. The van der Waals surface area contributed by atoms with Gasteiger partial charge in [0.05, 0.1) is 11.8 Å². The van der Waals surface area contributed by atoms with E-state index in [0.29, 0.717) is 11.2 Å². The molecule has 0 saturated carbocycles. The van der Waals surface area contributed by atoms with E-state index in [9.17, 15) is 4.79 Å². The second-order valence-electron chi connectivity index (χ2n) is 2.73. The van der Waals surface area contributed by atoms with Crippen molar-refractivity contribution in [2.45, 2.75) is 6.92 Å². The number of carbonyl (C=O) groups is 1. The highest BCUT2D eigenvalue weighted by Gasteiger charge is 2.11. The summed E-state index contributed by atoms with van der Waals surface area (Å²) in [6, 6.07) is 0. The lowest BCUT2D eigenvalue weighted by molar-refractivity contribution is 0.0696. The van der Waals surface area contributed by atoms with E-state index in [-0.39, 0.29) is 5.56 Å². The molecule has 2 aromatic heterocycles. The number of aromatic nitrogens is 3. The number of nitrogens with one attached hydrogen (secondary N) is 1. The van der Waals surface area contributed by atoms with Gasteiger partial charge in [0.1, 0.15) is 0 Å². The molecule has 0 spiro atoms. The zero-order chi connectivity index (χ0) is 9.42. The summed E-state index contributed by atoms with van der Waals surface area (Å²) >= 11 is 0. The van der Waals surface area contributed by atoms with Gasteiger partial charge in [-0.1, -0.05) is 0 Å². The fourth-order valence-corrected chi connectivity index (χ4v) is 1.24. The summed E-state index contributed by atoms with van der Waals surface area (Å²) in [7, 11) is 0. The van der Waals surface area contributed by atoms with Crippen LogP contribution < -0.4 is 0 Å². The van der Waals surface area contributed by atoms with Gasteiger partial charge >= 0.3 is 5.97 Å². The number of H-pyrrole nitrogens is 1. The topological polar surface area (TPSA) is 78.9 Å². The number of pyridine rings is 1. The zero-order valence-corrected chi connectivity index (χ0v) is 6.90. The van der Waals surface area contributed by atoms with E-state index in [2.05, 4.69) is 15.2 Å². The van der Waals surface area contributed by atoms with Gasteiger partial charge in [-0.05, 0) is 12.5 Å². The average Bonchev–Trinajstić information content (AvgIpc) is 2.52. The monoisotopic (exact) mass is 177 g/mol. The van der Waals surface area contributed by atoms with Crippen molar-refractivity contribution in [3.63, 3.8) is 0 Å². The molecular formula is C8H7N3O2. The Hall–Kier alpha value is -1.91. The highest BCUT2D eigenvalue weighted by molar-refractivity contribution is 5.94. The van der Waals surface area contributed by atoms with E-state index in [1.54, 1.807) is 13.1 Å². The number of hydrogen-bond acceptors (Lipinski definition) is 3. The first-order valence-electron chi connectivity index (χ1n) is 3.72. The lowest BCUT2D eigenvalue weighted by Crippen LogP contribution is -2.00. The molecule has 13 heavy (non-hydrogen) atoms. The average molecular weight is 177 g/mol. The Bertz CT molecular complexity index is 475. The Morgan fingerprint density at radius 1 is 1.54 bits per heavy atom. The first-order valence-corrected chi connectivity index (χ1v) is 3.72. The molecule has 2 aromatic rings. The molecule has 0 aromatic carbocycles. The lowest BCUT2D eigenvalue weighted by Gasteiger charge is -1.99. The van der Waals surface area contributed by atoms with Crippen molar-refractivity contribution in [2.75, 3.05) is 0 Å². The highest BCUT2D eigenvalue weighted by Crippen LogP contribution is 2.16. The van der Waals surface area contributed by atoms with Gasteiger partial charge in [-0.15, -0.1) is 0 Å². The summed E-state index contributed by atoms with van der Waals surface area (Å²) in [5.41, 5.74) is 1.52. The number of aryl methyl sites for hydroxylation is 1. The number of fused-ring (bicyclic) bond motifs is 1. The molecule has 0 atom stereocenters. The number of aromatic amines is 1. The lowest BCUT2D eigenvalue weighted by atomic mass is 10.1. The Kier molecular flexibility index (Phi) is 1.51. The summed E-state index contributed by atoms with van der Waals surface area (Å²) in [6.45, 7) is 1.74. The van der Waals surface area contributed by atoms with Gasteiger partial charge in [-0.2, -0.15) is 5.10 Å². The van der Waals surface area contributed by atoms with Gasteiger partial charge in [0.15, 0.2) is 5.65 Å². The first-order chi connectivity index (χ1) is 6.20. The van der Waals surface area contributed by atoms with Crippen LogP contribution >= 0.6 is 0 Å². The van der Waals surface area contributed by atoms with Crippen molar-refractivity contribution in [1.29, 1.82) is 0 Å². The SMILES string of the molecule is Cc1c(C(=O)O)cnc2[nH]ncc12. The molecule has 5 heteroatoms. The zero-order valence-electron chi connectivity index (χ0n) is 6.90. The molecule has 5 nitrogen and oxygen atoms in total. The number of rotatable bonds is 1. The van der Waals surface area contributed by atoms with Gasteiger partial charge in [0, 0.05) is 11.6 Å². The Morgan fingerprint density at radius 3 is 3.00 bits per heavy atom. The summed E-state index contributed by atoms with van der Waals surface area (Å²) in [5.74, 6) is -0.965. The second-order valence-corrected chi connectivity index (χ2v) is 2.73. The molecule has 0 bridgehead atoms. The minimum atomic E-state index is -0.965. The molecule has 2 heterocycles. The van der Waals surface area contributed by atoms with Crippen LogP contribution in [0.4, 0.5) is 0 Å². The summed E-state index contributed by atoms with van der Waals surface area (Å²) in [4.78, 5) is 14.6. The largest absolute Gasteiger partial charge is 0.478 e. The Balaban J connectivity index is 2.80. The van der Waals surface area contributed by atoms with Crippen LogP contribution in [0.15, 0.2) is 12.4 Å². The van der Waals surface area contributed by atoms with Gasteiger partial charge in [-0.3, -0.25) is 5.10 Å². The molecular weight excluding hydrogens is 170 g/mol. The van der Waals surface area contributed by atoms with Crippen molar-refractivity contribution in [3.05, 3.63) is 23.5 Å². The molecule has 0 aliphatic carbocycles. The van der Waals surface area contributed by atoms with E-state index in [1.807, 2.05) is 0 Å². The van der Waals surface area contributed by atoms with Crippen molar-refractivity contribution < 1.29 is 9.90 Å². The van der Waals surface area contributed by atoms with E-state index < -0.39 is 5.97 Å². The van der Waals surface area contributed by atoms with Crippen molar-refractivity contribution >= 4 is 17.0 Å². The molecule has 2 N–H and O–H groups in total. The summed E-state index contributed by atoms with van der Waals surface area (Å²) in [6.07, 6.45) is 2.91. The smallest absolute Gasteiger partial charge is 0.337 e. The molecule has 66 valence electrons. The molecule has 0 amide bonds. The van der Waals surface area contributed by atoms with Gasteiger partial charge in [0.25, 0.3) is 0 Å². The number of hydrogen-bond donors (Lipinski definition) is 2. The van der Waals surface area contributed by atoms with Crippen molar-refractivity contribution in [1.82, 2.24) is 15.2 Å². The van der Waals surface area contributed by atoms with E-state index in [4.69, 9.17) is 5.11 Å². The number of carboxylic acid groups (broad SMARTS) is 1. The van der Waals surface area contributed by atoms with E-state index >= 15 is 0 Å². The van der Waals surface area contributed by atoms with Crippen LogP contribution in [0.2, 0.25) is 0 Å². The predicted molar refractivity (Wildman–Crippen MR) is 45.6 cm³/mol. The molecule has 0 unspecified atom stereocenters. The number of nitrogens with zero attached hydrogens (tertiary/aromatic N) is 2. The normalized spacial score (nSPS) is 10.5. The van der Waals surface area contributed by atoms with E-state index in [0.717, 1.165) is 5.39 Å². The Morgan fingerprint density at radius 2 is 2.31 bits per heavy atom. The summed E-state index contributed by atoms with van der Waals surface area (Å²) in [5, 5.41) is 16.0. The van der Waals surface area contributed by atoms with Crippen LogP contribution in [0, 0.1) is 6.92 Å². The van der Waals surface area contributed by atoms with Crippen LogP contribution in [-0.4, -0.2) is 26.3 Å². The molecule has 0 saturated heterocycles. The standard InChI is InChI=1S/C8H7N3O2/c1-4-5-3-10-11-7(5)9-2-6(4)8(12)13/h2-3H,1H3,(H,12,13)(H,9,10,11). The van der Waals surface area contributed by atoms with Crippen LogP contribution in [0.3, 0.4) is 0 Å². The molecule has 2 rings (SSSR count). The minimum Gasteiger partial charge on any atom is -0.478 e. The third-order valence-electron chi connectivity index (χ3n) is 1.98. The number of carboxylic acids is 1. The van der Waals surface area contributed by atoms with Crippen LogP contribution in [0.1, 0.15) is 15.9 Å². The minimum absolute atomic E-state index is 0.217. The number of aromatic carboxylic acids is 1. The van der Waals surface area contributed by atoms with Gasteiger partial charge < -0.3 is 5.11 Å². The molecule has 0 fully saturated rings. The van der Waals surface area contributed by atoms with Gasteiger partial charge in [-0.25, -0.2) is 9.78 Å². The maximum Gasteiger partial charge on any atom is 0.337 e. The third-order valence-corrected chi connectivity index (χ3v) is 1.98. The van der Waals surface area contributed by atoms with E-state index in [1.165, 1.54) is 6.20 Å². The maximum atomic E-state index is 10.7. The van der Waals surface area contributed by atoms with Crippen molar-refractivity contribution in [2.24, 2.45) is 0 Å². The fraction of sp³-hybridized carbons (Fsp3) is 0.125. The third kappa shape index (κ3) is 1.05. The van der Waals surface area contributed by atoms with Gasteiger partial charge in [0.2, 0.25) is 0 Å². The van der Waals surface area contributed by atoms with Crippen LogP contribution in [0.25, 0.3) is 11.0 Å². The molecule has 0 radical (unpaired) electrons. The van der Waals surface area contributed by atoms with Crippen LogP contribution in [-0.2, 0) is 0 Å². The highest BCUT2D eigenvalue weighted by atomic mass is 16.4.